The number of hydrogen-bond acceptors (Lipinski definition) is 6. The van der Waals surface area contributed by atoms with Crippen LogP contribution in [0.15, 0.2) is 29.6 Å². The fraction of sp³-hybridized carbons (Fsp3) is 0.412. The first-order chi connectivity index (χ1) is 12.8. The van der Waals surface area contributed by atoms with Gasteiger partial charge in [0.25, 0.3) is 5.69 Å². The number of rotatable bonds is 5. The Balaban J connectivity index is 2.26. The van der Waals surface area contributed by atoms with Crippen molar-refractivity contribution in [2.24, 2.45) is 0 Å². The number of benzene rings is 1. The summed E-state index contributed by atoms with van der Waals surface area (Å²) in [6, 6.07) is 4.61. The van der Waals surface area contributed by atoms with Crippen LogP contribution in [0, 0.1) is 10.1 Å². The largest absolute Gasteiger partial charge is 0.444 e. The van der Waals surface area contributed by atoms with Crippen LogP contribution >= 0.6 is 11.3 Å². The fourth-order valence-electron chi connectivity index (χ4n) is 2.22. The topological polar surface area (TPSA) is 94.4 Å². The van der Waals surface area contributed by atoms with Gasteiger partial charge in [-0.25, -0.2) is 9.78 Å². The first-order valence-electron chi connectivity index (χ1n) is 8.10. The van der Waals surface area contributed by atoms with Crippen LogP contribution in [-0.4, -0.2) is 21.6 Å². The minimum absolute atomic E-state index is 0.0523. The predicted molar refractivity (Wildman–Crippen MR) is 96.0 cm³/mol. The van der Waals surface area contributed by atoms with Crippen molar-refractivity contribution in [2.75, 3.05) is 0 Å². The van der Waals surface area contributed by atoms with E-state index in [9.17, 15) is 28.1 Å². The second-order valence-electron chi connectivity index (χ2n) is 6.90. The van der Waals surface area contributed by atoms with Gasteiger partial charge in [-0.15, -0.1) is 11.3 Å². The number of aromatic nitrogens is 1. The lowest BCUT2D eigenvalue weighted by molar-refractivity contribution is -0.384. The zero-order chi connectivity index (χ0) is 21.1. The minimum atomic E-state index is -4.60. The summed E-state index contributed by atoms with van der Waals surface area (Å²) in [5.41, 5.74) is -1.38. The summed E-state index contributed by atoms with van der Waals surface area (Å²) in [6.45, 7) is 4.97. The van der Waals surface area contributed by atoms with Gasteiger partial charge in [-0.1, -0.05) is 12.1 Å². The van der Waals surface area contributed by atoms with Crippen LogP contribution in [0.3, 0.4) is 0 Å². The van der Waals surface area contributed by atoms with Gasteiger partial charge < -0.3 is 10.1 Å². The molecule has 11 heteroatoms. The average molecular weight is 417 g/mol. The highest BCUT2D eigenvalue weighted by Gasteiger charge is 2.35. The Hall–Kier alpha value is -2.69. The second-order valence-corrected chi connectivity index (χ2v) is 7.78. The molecule has 0 aliphatic carbocycles. The van der Waals surface area contributed by atoms with Gasteiger partial charge in [-0.05, 0) is 32.8 Å². The quantitative estimate of drug-likeness (QED) is 0.553. The van der Waals surface area contributed by atoms with Crippen molar-refractivity contribution in [3.05, 3.63) is 56.0 Å². The maximum Gasteiger partial charge on any atom is 0.434 e. The van der Waals surface area contributed by atoms with E-state index in [4.69, 9.17) is 4.74 Å². The van der Waals surface area contributed by atoms with Crippen molar-refractivity contribution in [1.82, 2.24) is 10.3 Å². The van der Waals surface area contributed by atoms with E-state index in [-0.39, 0.29) is 17.1 Å². The van der Waals surface area contributed by atoms with Crippen LogP contribution in [0.5, 0.6) is 0 Å². The number of nitrogens with zero attached hydrogens (tertiary/aromatic N) is 2. The number of nitrogens with one attached hydrogen (secondary N) is 1. The lowest BCUT2D eigenvalue weighted by Crippen LogP contribution is -2.35. The van der Waals surface area contributed by atoms with E-state index in [1.165, 1.54) is 24.3 Å². The van der Waals surface area contributed by atoms with Crippen molar-refractivity contribution in [3.8, 4) is 0 Å². The van der Waals surface area contributed by atoms with E-state index >= 15 is 0 Å². The van der Waals surface area contributed by atoms with Gasteiger partial charge in [0.1, 0.15) is 10.6 Å². The van der Waals surface area contributed by atoms with Crippen LogP contribution in [0.25, 0.3) is 0 Å². The number of ether oxygens (including phenoxy) is 1. The molecule has 2 rings (SSSR count). The zero-order valence-electron chi connectivity index (χ0n) is 15.2. The Morgan fingerprint density at radius 1 is 1.29 bits per heavy atom. The summed E-state index contributed by atoms with van der Waals surface area (Å²) in [5.74, 6) is 0. The third kappa shape index (κ3) is 6.19. The van der Waals surface area contributed by atoms with Crippen LogP contribution < -0.4 is 5.32 Å². The van der Waals surface area contributed by atoms with Gasteiger partial charge in [0.2, 0.25) is 0 Å². The molecule has 7 nitrogen and oxygen atoms in total. The molecule has 1 aromatic carbocycles. The maximum atomic E-state index is 12.9. The third-order valence-electron chi connectivity index (χ3n) is 3.39. The van der Waals surface area contributed by atoms with E-state index in [1.54, 1.807) is 20.8 Å². The first-order valence-corrected chi connectivity index (χ1v) is 8.98. The number of alkyl carbamates (subject to hydrolysis) is 1. The second kappa shape index (κ2) is 8.13. The molecule has 1 aromatic heterocycles. The van der Waals surface area contributed by atoms with E-state index in [2.05, 4.69) is 10.3 Å². The molecule has 2 aromatic rings. The number of alkyl halides is 3. The van der Waals surface area contributed by atoms with Crippen molar-refractivity contribution in [1.29, 1.82) is 0 Å². The maximum absolute atomic E-state index is 12.9. The molecule has 1 unspecified atom stereocenters. The van der Waals surface area contributed by atoms with Crippen molar-refractivity contribution >= 4 is 23.1 Å². The molecule has 1 N–H and O–H groups in total. The van der Waals surface area contributed by atoms with E-state index < -0.39 is 34.5 Å². The number of nitro groups is 1. The monoisotopic (exact) mass is 417 g/mol. The van der Waals surface area contributed by atoms with Crippen molar-refractivity contribution in [3.63, 3.8) is 0 Å². The van der Waals surface area contributed by atoms with E-state index in [0.29, 0.717) is 5.56 Å². The lowest BCUT2D eigenvalue weighted by atomic mass is 10.1. The van der Waals surface area contributed by atoms with Gasteiger partial charge in [0.15, 0.2) is 5.69 Å². The summed E-state index contributed by atoms with van der Waals surface area (Å²) < 4.78 is 43.8. The summed E-state index contributed by atoms with van der Waals surface area (Å²) in [6.07, 6.45) is -5.32. The molecule has 0 spiro atoms. The molecule has 1 amide bonds. The zero-order valence-corrected chi connectivity index (χ0v) is 16.1. The number of thiazole rings is 1. The SMILES string of the molecule is CC(C)(C)OC(=O)NC(Cc1ccc([N+](=O)[O-])cc1)c1nc(C(F)(F)F)cs1. The van der Waals surface area contributed by atoms with Gasteiger partial charge in [0, 0.05) is 17.5 Å². The standard InChI is InChI=1S/C17H18F3N3O4S/c1-16(2,3)27-15(24)21-12(14-22-13(9-28-14)17(18,19)20)8-10-4-6-11(7-5-10)23(25)26/h4-7,9,12H,8H2,1-3H3,(H,21,24). The predicted octanol–water partition coefficient (Wildman–Crippen LogP) is 4.88. The summed E-state index contributed by atoms with van der Waals surface area (Å²) in [7, 11) is 0. The van der Waals surface area contributed by atoms with Crippen molar-refractivity contribution < 1.29 is 27.6 Å². The van der Waals surface area contributed by atoms with E-state index in [0.717, 1.165) is 16.7 Å². The molecule has 0 radical (unpaired) electrons. The molecule has 0 aliphatic heterocycles. The Kier molecular flexibility index (Phi) is 6.27. The Bertz CT molecular complexity index is 845. The molecule has 152 valence electrons. The molecular weight excluding hydrogens is 399 g/mol. The number of amides is 1. The lowest BCUT2D eigenvalue weighted by Gasteiger charge is -2.23. The Morgan fingerprint density at radius 3 is 2.36 bits per heavy atom. The molecule has 28 heavy (non-hydrogen) atoms. The summed E-state index contributed by atoms with van der Waals surface area (Å²) in [5, 5.41) is 14.2. The molecule has 0 aliphatic rings. The molecule has 1 heterocycles. The summed E-state index contributed by atoms with van der Waals surface area (Å²) in [4.78, 5) is 25.9. The van der Waals surface area contributed by atoms with Gasteiger partial charge >= 0.3 is 12.3 Å². The highest BCUT2D eigenvalue weighted by molar-refractivity contribution is 7.09. The number of non-ortho nitro benzene ring substituents is 1. The van der Waals surface area contributed by atoms with Crippen LogP contribution in [0.1, 0.15) is 43.1 Å². The van der Waals surface area contributed by atoms with Crippen molar-refractivity contribution in [2.45, 2.75) is 45.0 Å². The average Bonchev–Trinajstić information content (AvgIpc) is 3.03. The third-order valence-corrected chi connectivity index (χ3v) is 4.35. The molecule has 0 fully saturated rings. The minimum Gasteiger partial charge on any atom is -0.444 e. The van der Waals surface area contributed by atoms with Gasteiger partial charge in [-0.3, -0.25) is 10.1 Å². The van der Waals surface area contributed by atoms with Crippen LogP contribution in [0.2, 0.25) is 0 Å². The first kappa shape index (κ1) is 21.6. The normalized spacial score (nSPS) is 13.1. The fourth-order valence-corrected chi connectivity index (χ4v) is 3.09. The summed E-state index contributed by atoms with van der Waals surface area (Å²) >= 11 is 0.762. The molecule has 1 atom stereocenters. The molecular formula is C17H18F3N3O4S. The smallest absolute Gasteiger partial charge is 0.434 e. The Morgan fingerprint density at radius 2 is 1.89 bits per heavy atom. The van der Waals surface area contributed by atoms with Gasteiger partial charge in [0.05, 0.1) is 11.0 Å². The number of carbonyl (C=O) groups excluding carboxylic acids is 1. The molecule has 0 saturated heterocycles. The Labute approximate surface area is 162 Å². The van der Waals surface area contributed by atoms with Crippen LogP contribution in [0.4, 0.5) is 23.7 Å². The number of nitro benzene ring substituents is 1. The van der Waals surface area contributed by atoms with Gasteiger partial charge in [-0.2, -0.15) is 13.2 Å². The molecule has 0 bridgehead atoms. The highest BCUT2D eigenvalue weighted by atomic mass is 32.1. The molecule has 0 saturated carbocycles. The van der Waals surface area contributed by atoms with E-state index in [1.807, 2.05) is 0 Å². The number of hydrogen-bond donors (Lipinski definition) is 1. The highest BCUT2D eigenvalue weighted by Crippen LogP contribution is 2.32. The number of carbonyl (C=O) groups is 1. The number of halogens is 3. The van der Waals surface area contributed by atoms with Crippen LogP contribution in [-0.2, 0) is 17.3 Å².